The Morgan fingerprint density at radius 3 is 2.58 bits per heavy atom. The Hall–Kier alpha value is -2.49. The van der Waals surface area contributed by atoms with Crippen LogP contribution in [0.3, 0.4) is 0 Å². The van der Waals surface area contributed by atoms with Gasteiger partial charge in [0, 0.05) is 22.8 Å². The number of rotatable bonds is 2. The maximum atomic E-state index is 5.34. The Balaban J connectivity index is 2.22. The van der Waals surface area contributed by atoms with E-state index in [9.17, 15) is 0 Å². The van der Waals surface area contributed by atoms with Gasteiger partial charge in [-0.1, -0.05) is 29.8 Å². The zero-order chi connectivity index (χ0) is 13.2. The molecule has 3 aromatic rings. The van der Waals surface area contributed by atoms with Gasteiger partial charge >= 0.3 is 0 Å². The van der Waals surface area contributed by atoms with Gasteiger partial charge < -0.3 is 4.74 Å². The van der Waals surface area contributed by atoms with Gasteiger partial charge in [0.2, 0.25) is 12.0 Å². The number of benzene rings is 1. The summed E-state index contributed by atoms with van der Waals surface area (Å²) in [5.74, 6) is 1.23. The van der Waals surface area contributed by atoms with Crippen molar-refractivity contribution in [2.45, 2.75) is 6.92 Å². The Kier molecular flexibility index (Phi) is 2.83. The molecule has 0 saturated heterocycles. The zero-order valence-corrected chi connectivity index (χ0v) is 10.9. The van der Waals surface area contributed by atoms with Gasteiger partial charge in [0.25, 0.3) is 11.4 Å². The molecule has 0 aliphatic carbocycles. The standard InChI is InChI=1S/C15H14N3O/c1-11-6-8-12(9-7-11)14-16-15(19-2)13-5-3-4-10-18(13)17-14/h3-10H,1-2H3/q+1. The normalized spacial score (nSPS) is 10.6. The maximum absolute atomic E-state index is 5.34. The monoisotopic (exact) mass is 252 g/mol. The summed E-state index contributed by atoms with van der Waals surface area (Å²) in [6.45, 7) is 2.06. The quantitative estimate of drug-likeness (QED) is 0.656. The molecule has 1 aromatic carbocycles. The minimum absolute atomic E-state index is 0.575. The van der Waals surface area contributed by atoms with Crippen molar-refractivity contribution >= 4 is 5.52 Å². The molecule has 2 aromatic heterocycles. The van der Waals surface area contributed by atoms with Crippen molar-refractivity contribution < 1.29 is 9.25 Å². The van der Waals surface area contributed by atoms with E-state index in [0.29, 0.717) is 11.7 Å². The summed E-state index contributed by atoms with van der Waals surface area (Å²) in [6, 6.07) is 13.9. The average molecular weight is 252 g/mol. The third-order valence-electron chi connectivity index (χ3n) is 2.97. The smallest absolute Gasteiger partial charge is 0.299 e. The highest BCUT2D eigenvalue weighted by atomic mass is 16.5. The number of hydrogen-bond acceptors (Lipinski definition) is 3. The van der Waals surface area contributed by atoms with Crippen LogP contribution in [-0.4, -0.2) is 17.2 Å². The second-order valence-corrected chi connectivity index (χ2v) is 4.34. The number of pyridine rings is 1. The third-order valence-corrected chi connectivity index (χ3v) is 2.97. The van der Waals surface area contributed by atoms with Crippen LogP contribution in [-0.2, 0) is 0 Å². The van der Waals surface area contributed by atoms with Crippen LogP contribution in [0.5, 0.6) is 5.88 Å². The average Bonchev–Trinajstić information content (AvgIpc) is 2.47. The van der Waals surface area contributed by atoms with Crippen LogP contribution in [0.1, 0.15) is 5.56 Å². The van der Waals surface area contributed by atoms with Gasteiger partial charge in [-0.25, -0.2) is 0 Å². The van der Waals surface area contributed by atoms with Crippen molar-refractivity contribution in [3.63, 3.8) is 0 Å². The van der Waals surface area contributed by atoms with Crippen LogP contribution in [0.25, 0.3) is 16.9 Å². The van der Waals surface area contributed by atoms with Gasteiger partial charge in [-0.2, -0.15) is 4.98 Å². The SMILES string of the molecule is COc1nc(-c2ccc(C)cc2)n[n+]2ccccc12. The van der Waals surface area contributed by atoms with Gasteiger partial charge in [-0.3, -0.25) is 0 Å². The highest BCUT2D eigenvalue weighted by Gasteiger charge is 2.16. The number of methoxy groups -OCH3 is 1. The zero-order valence-electron chi connectivity index (χ0n) is 10.9. The first-order valence-corrected chi connectivity index (χ1v) is 6.08. The van der Waals surface area contributed by atoms with Crippen molar-refractivity contribution in [3.8, 4) is 17.3 Å². The molecule has 3 rings (SSSR count). The van der Waals surface area contributed by atoms with Gasteiger partial charge in [0.1, 0.15) is 0 Å². The summed E-state index contributed by atoms with van der Waals surface area (Å²) in [5.41, 5.74) is 3.03. The number of ether oxygens (including phenoxy) is 1. The van der Waals surface area contributed by atoms with Crippen molar-refractivity contribution in [1.82, 2.24) is 10.1 Å². The van der Waals surface area contributed by atoms with Gasteiger partial charge in [0.15, 0.2) is 0 Å². The van der Waals surface area contributed by atoms with E-state index in [2.05, 4.69) is 17.0 Å². The highest BCUT2D eigenvalue weighted by Crippen LogP contribution is 2.19. The molecular formula is C15H14N3O+. The molecule has 0 fully saturated rings. The predicted octanol–water partition coefficient (Wildman–Crippen LogP) is 2.20. The molecule has 4 nitrogen and oxygen atoms in total. The predicted molar refractivity (Wildman–Crippen MR) is 71.9 cm³/mol. The lowest BCUT2D eigenvalue weighted by molar-refractivity contribution is -0.580. The molecule has 0 N–H and O–H groups in total. The summed E-state index contributed by atoms with van der Waals surface area (Å²) in [6.07, 6.45) is 1.89. The highest BCUT2D eigenvalue weighted by molar-refractivity contribution is 5.58. The Morgan fingerprint density at radius 2 is 1.84 bits per heavy atom. The molecule has 0 unspecified atom stereocenters. The van der Waals surface area contributed by atoms with Crippen LogP contribution in [0.4, 0.5) is 0 Å². The first kappa shape index (κ1) is 11.6. The van der Waals surface area contributed by atoms with E-state index in [1.807, 2.05) is 48.7 Å². The summed E-state index contributed by atoms with van der Waals surface area (Å²) in [4.78, 5) is 4.47. The topological polar surface area (TPSA) is 39.1 Å². The molecule has 19 heavy (non-hydrogen) atoms. The van der Waals surface area contributed by atoms with E-state index in [1.54, 1.807) is 11.6 Å². The van der Waals surface area contributed by atoms with E-state index >= 15 is 0 Å². The van der Waals surface area contributed by atoms with Crippen molar-refractivity contribution in [2.24, 2.45) is 0 Å². The van der Waals surface area contributed by atoms with Crippen molar-refractivity contribution in [3.05, 3.63) is 54.2 Å². The number of hydrogen-bond donors (Lipinski definition) is 0. The first-order chi connectivity index (χ1) is 9.28. The number of aromatic nitrogens is 3. The second kappa shape index (κ2) is 4.65. The molecule has 2 heterocycles. The molecule has 0 atom stereocenters. The molecule has 0 amide bonds. The minimum Gasteiger partial charge on any atom is -0.476 e. The molecule has 4 heteroatoms. The Morgan fingerprint density at radius 1 is 1.05 bits per heavy atom. The van der Waals surface area contributed by atoms with E-state index < -0.39 is 0 Å². The lowest BCUT2D eigenvalue weighted by atomic mass is 10.1. The fourth-order valence-corrected chi connectivity index (χ4v) is 1.94. The van der Waals surface area contributed by atoms with Crippen molar-refractivity contribution in [2.75, 3.05) is 7.11 Å². The summed E-state index contributed by atoms with van der Waals surface area (Å²) in [5, 5.41) is 4.51. The summed E-state index contributed by atoms with van der Waals surface area (Å²) in [7, 11) is 1.62. The molecule has 0 aliphatic rings. The number of nitrogens with zero attached hydrogens (tertiary/aromatic N) is 3. The molecule has 0 spiro atoms. The van der Waals surface area contributed by atoms with E-state index in [-0.39, 0.29) is 0 Å². The largest absolute Gasteiger partial charge is 0.476 e. The first-order valence-electron chi connectivity index (χ1n) is 6.08. The van der Waals surface area contributed by atoms with Crippen LogP contribution in [0.2, 0.25) is 0 Å². The summed E-state index contributed by atoms with van der Waals surface area (Å²) < 4.78 is 7.12. The van der Waals surface area contributed by atoms with E-state index in [4.69, 9.17) is 4.74 Å². The molecule has 94 valence electrons. The van der Waals surface area contributed by atoms with Crippen molar-refractivity contribution in [1.29, 1.82) is 0 Å². The molecule has 0 radical (unpaired) electrons. The molecule has 0 aliphatic heterocycles. The maximum Gasteiger partial charge on any atom is 0.299 e. The van der Waals surface area contributed by atoms with Crippen LogP contribution in [0.15, 0.2) is 48.7 Å². The van der Waals surface area contributed by atoms with Crippen LogP contribution < -0.4 is 9.25 Å². The van der Waals surface area contributed by atoms with E-state index in [1.165, 1.54) is 5.56 Å². The Labute approximate surface area is 111 Å². The lowest BCUT2D eigenvalue weighted by Crippen LogP contribution is -2.28. The minimum atomic E-state index is 0.575. The summed E-state index contributed by atoms with van der Waals surface area (Å²) >= 11 is 0. The molecule has 0 saturated carbocycles. The third kappa shape index (κ3) is 2.12. The lowest BCUT2D eigenvalue weighted by Gasteiger charge is -2.02. The Bertz CT molecular complexity index is 723. The molecule has 0 bridgehead atoms. The van der Waals surface area contributed by atoms with E-state index in [0.717, 1.165) is 11.1 Å². The fourth-order valence-electron chi connectivity index (χ4n) is 1.94. The molecular weight excluding hydrogens is 238 g/mol. The van der Waals surface area contributed by atoms with Gasteiger partial charge in [-0.05, 0) is 17.5 Å². The fraction of sp³-hybridized carbons (Fsp3) is 0.133. The van der Waals surface area contributed by atoms with Gasteiger partial charge in [0.05, 0.1) is 7.11 Å². The second-order valence-electron chi connectivity index (χ2n) is 4.34. The number of aryl methyl sites for hydroxylation is 1. The number of fused-ring (bicyclic) bond motifs is 1. The van der Waals surface area contributed by atoms with Crippen LogP contribution >= 0.6 is 0 Å². The van der Waals surface area contributed by atoms with Gasteiger partial charge in [-0.15, -0.1) is 0 Å². The van der Waals surface area contributed by atoms with Crippen LogP contribution in [0, 0.1) is 6.92 Å².